The molecule has 0 radical (unpaired) electrons. The molecule has 1 saturated heterocycles. The van der Waals surface area contributed by atoms with E-state index in [1.807, 2.05) is 32.9 Å². The van der Waals surface area contributed by atoms with Gasteiger partial charge in [0.15, 0.2) is 11.6 Å². The summed E-state index contributed by atoms with van der Waals surface area (Å²) in [5.41, 5.74) is 2.36. The van der Waals surface area contributed by atoms with Crippen molar-refractivity contribution in [2.45, 2.75) is 40.2 Å². The zero-order chi connectivity index (χ0) is 22.5. The normalized spacial score (nSPS) is 12.8. The van der Waals surface area contributed by atoms with E-state index in [9.17, 15) is 9.18 Å². The number of rotatable bonds is 5. The number of benzene rings is 1. The Morgan fingerprint density at radius 2 is 1.74 bits per heavy atom. The molecule has 3 aromatic rings. The van der Waals surface area contributed by atoms with Crippen LogP contribution in [0.5, 0.6) is 0 Å². The maximum atomic E-state index is 12.7. The van der Waals surface area contributed by atoms with E-state index in [2.05, 4.69) is 30.2 Å². The van der Waals surface area contributed by atoms with Gasteiger partial charge >= 0.3 is 0 Å². The monoisotopic (exact) mass is 426 g/mol. The number of nitrogens with zero attached hydrogens (tertiary/aromatic N) is 5. The molecule has 0 atom stereocenters. The summed E-state index contributed by atoms with van der Waals surface area (Å²) in [6, 6.07) is 7.22. The molecule has 1 fully saturated rings. The molecule has 8 heteroatoms. The Bertz CT molecular complexity index is 922. The molecule has 1 aliphatic heterocycles. The fraction of sp³-hybridized carbons (Fsp3) is 0.348. The number of carbonyl (C=O) groups excluding carboxylic acids is 1. The van der Waals surface area contributed by atoms with Gasteiger partial charge in [0.1, 0.15) is 5.82 Å². The third-order valence-corrected chi connectivity index (χ3v) is 4.51. The van der Waals surface area contributed by atoms with Crippen LogP contribution in [0.3, 0.4) is 0 Å². The highest BCUT2D eigenvalue weighted by Gasteiger charge is 2.12. The first-order chi connectivity index (χ1) is 15.2. The second-order valence-electron chi connectivity index (χ2n) is 6.67. The van der Waals surface area contributed by atoms with Crippen LogP contribution in [0.4, 0.5) is 10.1 Å². The summed E-state index contributed by atoms with van der Waals surface area (Å²) in [5, 5.41) is 2.55. The van der Waals surface area contributed by atoms with Crippen LogP contribution < -0.4 is 5.32 Å². The Hall–Kier alpha value is -3.26. The van der Waals surface area contributed by atoms with Gasteiger partial charge in [-0.25, -0.2) is 24.3 Å². The van der Waals surface area contributed by atoms with Gasteiger partial charge in [0.25, 0.3) is 0 Å². The summed E-state index contributed by atoms with van der Waals surface area (Å²) < 4.78 is 12.7. The van der Waals surface area contributed by atoms with Crippen LogP contribution in [0.25, 0.3) is 11.4 Å². The van der Waals surface area contributed by atoms with E-state index in [1.165, 1.54) is 25.9 Å². The molecule has 7 nitrogen and oxygen atoms in total. The van der Waals surface area contributed by atoms with Crippen LogP contribution in [-0.2, 0) is 11.3 Å². The van der Waals surface area contributed by atoms with Gasteiger partial charge in [0.2, 0.25) is 6.41 Å². The summed E-state index contributed by atoms with van der Waals surface area (Å²) in [7, 11) is 0. The van der Waals surface area contributed by atoms with E-state index in [0.29, 0.717) is 17.9 Å². The number of anilines is 1. The number of likely N-dealkylation sites (tertiary alicyclic amines) is 1. The lowest BCUT2D eigenvalue weighted by atomic mass is 10.1. The van der Waals surface area contributed by atoms with E-state index in [-0.39, 0.29) is 1.43 Å². The van der Waals surface area contributed by atoms with Crippen molar-refractivity contribution in [1.29, 1.82) is 0 Å². The molecule has 4 rings (SSSR count). The summed E-state index contributed by atoms with van der Waals surface area (Å²) >= 11 is 0. The van der Waals surface area contributed by atoms with Gasteiger partial charge in [0, 0.05) is 25.1 Å². The molecule has 166 valence electrons. The van der Waals surface area contributed by atoms with E-state index < -0.39 is 5.82 Å². The smallest absolute Gasteiger partial charge is 0.211 e. The van der Waals surface area contributed by atoms with Crippen molar-refractivity contribution in [1.82, 2.24) is 24.8 Å². The van der Waals surface area contributed by atoms with Gasteiger partial charge in [-0.2, -0.15) is 0 Å². The minimum absolute atomic E-state index is 0. The van der Waals surface area contributed by atoms with Crippen LogP contribution in [-0.4, -0.2) is 44.3 Å². The molecule has 31 heavy (non-hydrogen) atoms. The van der Waals surface area contributed by atoms with E-state index in [0.717, 1.165) is 35.9 Å². The predicted molar refractivity (Wildman–Crippen MR) is 122 cm³/mol. The van der Waals surface area contributed by atoms with E-state index >= 15 is 0 Å². The first kappa shape index (κ1) is 24.0. The number of halogens is 1. The third kappa shape index (κ3) is 7.82. The Labute approximate surface area is 184 Å². The van der Waals surface area contributed by atoms with Crippen LogP contribution in [0, 0.1) is 12.7 Å². The standard InChI is InChI=1S/C12H10FN3O.C9H13N3.C2H6.H2/c1-8-2-3-10(16-7-17)4-11(8)12-14-5-9(13)6-15-12;1-2-7-12(6-1)8-9-10-4-3-5-11-9;1-2;/h2-7H,1H3,(H,16,17);3-5H,1-2,6-8H2;1-2H3;1H. The average molecular weight is 427 g/mol. The average Bonchev–Trinajstić information content (AvgIpc) is 3.32. The molecule has 3 heterocycles. The molecule has 1 aromatic carbocycles. The molecule has 0 unspecified atom stereocenters. The molecule has 2 aromatic heterocycles. The quantitative estimate of drug-likeness (QED) is 0.605. The third-order valence-electron chi connectivity index (χ3n) is 4.51. The predicted octanol–water partition coefficient (Wildman–Crippen LogP) is 4.50. The lowest BCUT2D eigenvalue weighted by molar-refractivity contribution is -0.105. The van der Waals surface area contributed by atoms with Crippen molar-refractivity contribution in [3.63, 3.8) is 0 Å². The minimum atomic E-state index is -0.478. The Balaban J connectivity index is 0.000000301. The molecular formula is C23H31FN6O. The van der Waals surface area contributed by atoms with Crippen molar-refractivity contribution in [3.8, 4) is 11.4 Å². The number of hydrogen-bond acceptors (Lipinski definition) is 6. The molecule has 0 aliphatic carbocycles. The molecule has 0 bridgehead atoms. The van der Waals surface area contributed by atoms with Crippen LogP contribution in [0.2, 0.25) is 0 Å². The highest BCUT2D eigenvalue weighted by Crippen LogP contribution is 2.23. The van der Waals surface area contributed by atoms with Crippen LogP contribution >= 0.6 is 0 Å². The fourth-order valence-electron chi connectivity index (χ4n) is 3.02. The second kappa shape index (κ2) is 13.1. The second-order valence-corrected chi connectivity index (χ2v) is 6.67. The van der Waals surface area contributed by atoms with E-state index in [1.54, 1.807) is 24.5 Å². The highest BCUT2D eigenvalue weighted by molar-refractivity contribution is 5.75. The van der Waals surface area contributed by atoms with Crippen molar-refractivity contribution < 1.29 is 10.6 Å². The highest BCUT2D eigenvalue weighted by atomic mass is 19.1. The van der Waals surface area contributed by atoms with Crippen molar-refractivity contribution in [2.75, 3.05) is 18.4 Å². The lowest BCUT2D eigenvalue weighted by Crippen LogP contribution is -2.19. The molecule has 0 saturated carbocycles. The lowest BCUT2D eigenvalue weighted by Gasteiger charge is -2.12. The zero-order valence-electron chi connectivity index (χ0n) is 18.3. The molecular weight excluding hydrogens is 395 g/mol. The number of aromatic nitrogens is 4. The Kier molecular flexibility index (Phi) is 10.2. The number of carbonyl (C=O) groups is 1. The van der Waals surface area contributed by atoms with Crippen molar-refractivity contribution >= 4 is 12.1 Å². The van der Waals surface area contributed by atoms with E-state index in [4.69, 9.17) is 0 Å². The Morgan fingerprint density at radius 1 is 1.10 bits per heavy atom. The molecule has 1 amide bonds. The van der Waals surface area contributed by atoms with Crippen LogP contribution in [0.1, 0.15) is 39.5 Å². The van der Waals surface area contributed by atoms with Gasteiger partial charge in [-0.05, 0) is 56.6 Å². The topological polar surface area (TPSA) is 83.9 Å². The fourth-order valence-corrected chi connectivity index (χ4v) is 3.02. The number of aryl methyl sites for hydroxylation is 1. The maximum Gasteiger partial charge on any atom is 0.211 e. The number of amides is 1. The van der Waals surface area contributed by atoms with Gasteiger partial charge < -0.3 is 5.32 Å². The first-order valence-electron chi connectivity index (χ1n) is 10.4. The largest absolute Gasteiger partial charge is 0.329 e. The Morgan fingerprint density at radius 3 is 2.35 bits per heavy atom. The SMILES string of the molecule is CC.Cc1ccc(NC=O)cc1-c1ncc(F)cn1.[HH].c1cnc(CN2CCCC2)nc1. The molecule has 1 N–H and O–H groups in total. The number of nitrogens with one attached hydrogen (secondary N) is 1. The summed E-state index contributed by atoms with van der Waals surface area (Å²) in [5.74, 6) is 0.895. The number of hydrogen-bond donors (Lipinski definition) is 1. The first-order valence-corrected chi connectivity index (χ1v) is 10.4. The summed E-state index contributed by atoms with van der Waals surface area (Å²) in [6.07, 6.45) is 9.08. The maximum absolute atomic E-state index is 12.7. The summed E-state index contributed by atoms with van der Waals surface area (Å²) in [4.78, 5) is 29.0. The van der Waals surface area contributed by atoms with Gasteiger partial charge in [-0.1, -0.05) is 19.9 Å². The van der Waals surface area contributed by atoms with Gasteiger partial charge in [-0.15, -0.1) is 0 Å². The summed E-state index contributed by atoms with van der Waals surface area (Å²) in [6.45, 7) is 9.23. The molecule has 0 spiro atoms. The minimum Gasteiger partial charge on any atom is -0.329 e. The van der Waals surface area contributed by atoms with Gasteiger partial charge in [0.05, 0.1) is 18.9 Å². The van der Waals surface area contributed by atoms with Crippen molar-refractivity contribution in [2.24, 2.45) is 0 Å². The zero-order valence-corrected chi connectivity index (χ0v) is 18.3. The molecule has 1 aliphatic rings. The van der Waals surface area contributed by atoms with Gasteiger partial charge in [-0.3, -0.25) is 9.69 Å². The van der Waals surface area contributed by atoms with Crippen LogP contribution in [0.15, 0.2) is 49.1 Å². The van der Waals surface area contributed by atoms with Crippen molar-refractivity contribution in [3.05, 3.63) is 66.3 Å².